The number of aliphatic hydroxyl groups is 3. The van der Waals surface area contributed by atoms with E-state index in [4.69, 9.17) is 5.73 Å². The zero-order chi connectivity index (χ0) is 15.6. The molecule has 2 saturated carbocycles. The summed E-state index contributed by atoms with van der Waals surface area (Å²) in [7, 11) is 0. The van der Waals surface area contributed by atoms with Gasteiger partial charge in [-0.1, -0.05) is 11.8 Å². The number of hydrogen-bond donors (Lipinski definition) is 4. The summed E-state index contributed by atoms with van der Waals surface area (Å²) in [6.07, 6.45) is 2.21. The predicted octanol–water partition coefficient (Wildman–Crippen LogP) is -0.595. The lowest BCUT2D eigenvalue weighted by Crippen LogP contribution is -2.35. The van der Waals surface area contributed by atoms with Crippen LogP contribution in [0.4, 0.5) is 5.82 Å². The van der Waals surface area contributed by atoms with Crippen molar-refractivity contribution in [1.82, 2.24) is 19.5 Å². The Balaban J connectivity index is 1.84. The van der Waals surface area contributed by atoms with E-state index in [-0.39, 0.29) is 18.6 Å². The summed E-state index contributed by atoms with van der Waals surface area (Å²) in [6.45, 7) is -0.133. The Hall–Kier alpha value is -1.42. The van der Waals surface area contributed by atoms with Crippen molar-refractivity contribution in [3.05, 3.63) is 6.33 Å². The van der Waals surface area contributed by atoms with Gasteiger partial charge < -0.3 is 25.6 Å². The van der Waals surface area contributed by atoms with Crippen LogP contribution in [0.1, 0.15) is 12.5 Å². The number of nitrogens with two attached hydrogens (primary N) is 1. The molecule has 0 aromatic carbocycles. The summed E-state index contributed by atoms with van der Waals surface area (Å²) >= 11 is 1.37. The number of anilines is 1. The monoisotopic (exact) mass is 323 g/mol. The molecule has 118 valence electrons. The number of aliphatic hydroxyl groups excluding tert-OH is 3. The van der Waals surface area contributed by atoms with Gasteiger partial charge in [0.15, 0.2) is 16.6 Å². The van der Waals surface area contributed by atoms with E-state index >= 15 is 0 Å². The number of nitrogen functional groups attached to an aromatic ring is 1. The van der Waals surface area contributed by atoms with E-state index in [2.05, 4.69) is 15.0 Å². The summed E-state index contributed by atoms with van der Waals surface area (Å²) in [6, 6.07) is -0.365. The van der Waals surface area contributed by atoms with Gasteiger partial charge in [0, 0.05) is 5.41 Å². The third-order valence-electron chi connectivity index (χ3n) is 5.08. The minimum Gasteiger partial charge on any atom is -0.396 e. The zero-order valence-corrected chi connectivity index (χ0v) is 12.7. The summed E-state index contributed by atoms with van der Waals surface area (Å²) < 4.78 is 1.76. The van der Waals surface area contributed by atoms with Gasteiger partial charge in [-0.3, -0.25) is 0 Å². The first-order chi connectivity index (χ1) is 10.5. The van der Waals surface area contributed by atoms with Gasteiger partial charge in [-0.2, -0.15) is 0 Å². The van der Waals surface area contributed by atoms with Gasteiger partial charge in [0.25, 0.3) is 0 Å². The molecule has 0 spiro atoms. The maximum Gasteiger partial charge on any atom is 0.191 e. The molecule has 0 radical (unpaired) electrons. The molecule has 8 nitrogen and oxygen atoms in total. The first-order valence-corrected chi connectivity index (χ1v) is 8.27. The Morgan fingerprint density at radius 2 is 2.23 bits per heavy atom. The lowest BCUT2D eigenvalue weighted by molar-refractivity contribution is -0.0300. The summed E-state index contributed by atoms with van der Waals surface area (Å²) in [5.41, 5.74) is 6.35. The average molecular weight is 323 g/mol. The fraction of sp³-hybridized carbons (Fsp3) is 0.615. The Bertz CT molecular complexity index is 753. The van der Waals surface area contributed by atoms with E-state index in [1.54, 1.807) is 10.9 Å². The molecule has 0 saturated heterocycles. The first-order valence-electron chi connectivity index (χ1n) is 7.04. The van der Waals surface area contributed by atoms with Gasteiger partial charge in [-0.05, 0) is 18.6 Å². The number of hydrogen-bond acceptors (Lipinski definition) is 8. The summed E-state index contributed by atoms with van der Waals surface area (Å²) in [4.78, 5) is 12.8. The normalized spacial score (nSPS) is 36.7. The molecule has 2 aromatic heterocycles. The van der Waals surface area contributed by atoms with Crippen LogP contribution in [0.15, 0.2) is 11.5 Å². The number of imidazole rings is 1. The third-order valence-corrected chi connectivity index (χ3v) is 5.63. The maximum absolute atomic E-state index is 10.4. The van der Waals surface area contributed by atoms with Crippen LogP contribution in [0, 0.1) is 11.3 Å². The van der Waals surface area contributed by atoms with Gasteiger partial charge in [0.05, 0.1) is 25.1 Å². The molecular formula is C13H17N5O3S. The Morgan fingerprint density at radius 3 is 2.86 bits per heavy atom. The van der Waals surface area contributed by atoms with Crippen LogP contribution < -0.4 is 5.73 Å². The number of fused-ring (bicyclic) bond motifs is 2. The van der Waals surface area contributed by atoms with Gasteiger partial charge >= 0.3 is 0 Å². The van der Waals surface area contributed by atoms with Crippen molar-refractivity contribution in [2.24, 2.45) is 11.3 Å². The predicted molar refractivity (Wildman–Crippen MR) is 80.2 cm³/mol. The Morgan fingerprint density at radius 1 is 1.45 bits per heavy atom. The van der Waals surface area contributed by atoms with E-state index in [9.17, 15) is 15.3 Å². The highest BCUT2D eigenvalue weighted by atomic mass is 32.2. The number of aromatic nitrogens is 4. The van der Waals surface area contributed by atoms with Crippen LogP contribution in [-0.2, 0) is 0 Å². The largest absolute Gasteiger partial charge is 0.396 e. The first kappa shape index (κ1) is 14.2. The van der Waals surface area contributed by atoms with Gasteiger partial charge in [-0.15, -0.1) is 0 Å². The van der Waals surface area contributed by atoms with Crippen LogP contribution in [0.2, 0.25) is 0 Å². The molecule has 2 aromatic rings. The number of thioether (sulfide) groups is 1. The molecule has 5 N–H and O–H groups in total. The zero-order valence-electron chi connectivity index (χ0n) is 11.9. The van der Waals surface area contributed by atoms with Crippen molar-refractivity contribution in [1.29, 1.82) is 0 Å². The van der Waals surface area contributed by atoms with E-state index in [0.717, 1.165) is 0 Å². The van der Waals surface area contributed by atoms with Crippen LogP contribution >= 0.6 is 11.8 Å². The second-order valence-electron chi connectivity index (χ2n) is 6.05. The highest BCUT2D eigenvalue weighted by Gasteiger charge is 2.71. The molecule has 5 unspecified atom stereocenters. The van der Waals surface area contributed by atoms with E-state index < -0.39 is 17.6 Å². The lowest BCUT2D eigenvalue weighted by Gasteiger charge is -2.23. The molecule has 5 atom stereocenters. The molecule has 0 amide bonds. The second-order valence-corrected chi connectivity index (χ2v) is 6.82. The maximum atomic E-state index is 10.4. The minimum absolute atomic E-state index is 0.00817. The van der Waals surface area contributed by atoms with E-state index in [1.165, 1.54) is 11.8 Å². The Kier molecular flexibility index (Phi) is 2.93. The molecule has 4 rings (SSSR count). The standard InChI is InChI=1S/C13H17N5O3S/c1-22-12-16-10(14)6-11(17-12)18(4-15-6)7-5-2-13(5,3-19)9(21)8(7)20/h4-5,7-9,19-21H,2-3H2,1H3,(H2,14,16,17). The quantitative estimate of drug-likeness (QED) is 0.435. The highest BCUT2D eigenvalue weighted by Crippen LogP contribution is 2.67. The van der Waals surface area contributed by atoms with Crippen LogP contribution in [0.5, 0.6) is 0 Å². The molecule has 9 heteroatoms. The molecule has 0 aliphatic heterocycles. The van der Waals surface area contributed by atoms with E-state index in [0.29, 0.717) is 28.6 Å². The topological polar surface area (TPSA) is 130 Å². The van der Waals surface area contributed by atoms with Crippen molar-refractivity contribution in [3.63, 3.8) is 0 Å². The van der Waals surface area contributed by atoms with Crippen LogP contribution in [0.3, 0.4) is 0 Å². The summed E-state index contributed by atoms with van der Waals surface area (Å²) in [5.74, 6) is 0.305. The van der Waals surface area contributed by atoms with E-state index in [1.807, 2.05) is 6.26 Å². The van der Waals surface area contributed by atoms with Crippen LogP contribution in [-0.4, -0.2) is 59.9 Å². The fourth-order valence-electron chi connectivity index (χ4n) is 3.78. The lowest BCUT2D eigenvalue weighted by atomic mass is 10.0. The van der Waals surface area contributed by atoms with Gasteiger partial charge in [0.1, 0.15) is 11.6 Å². The van der Waals surface area contributed by atoms with Crippen molar-refractivity contribution in [2.45, 2.75) is 29.8 Å². The molecule has 22 heavy (non-hydrogen) atoms. The molecular weight excluding hydrogens is 306 g/mol. The Labute approximate surface area is 130 Å². The van der Waals surface area contributed by atoms with Crippen LogP contribution in [0.25, 0.3) is 11.2 Å². The van der Waals surface area contributed by atoms with Crippen molar-refractivity contribution in [2.75, 3.05) is 18.6 Å². The third kappa shape index (κ3) is 1.62. The second kappa shape index (κ2) is 4.54. The molecule has 0 bridgehead atoms. The summed E-state index contributed by atoms with van der Waals surface area (Å²) in [5, 5.41) is 30.7. The molecule has 2 heterocycles. The molecule has 2 fully saturated rings. The smallest absolute Gasteiger partial charge is 0.191 e. The van der Waals surface area contributed by atoms with Crippen molar-refractivity contribution < 1.29 is 15.3 Å². The highest BCUT2D eigenvalue weighted by molar-refractivity contribution is 7.98. The minimum atomic E-state index is -0.961. The average Bonchev–Trinajstić information content (AvgIpc) is 3.03. The molecule has 2 aliphatic rings. The molecule has 2 aliphatic carbocycles. The van der Waals surface area contributed by atoms with Crippen molar-refractivity contribution >= 4 is 28.7 Å². The number of rotatable bonds is 3. The van der Waals surface area contributed by atoms with Crippen molar-refractivity contribution in [3.8, 4) is 0 Å². The number of nitrogens with zero attached hydrogens (tertiary/aromatic N) is 4. The SMILES string of the molecule is CSc1nc(N)c2ncn(C3C(O)C(O)C4(CO)CC34)c2n1. The van der Waals surface area contributed by atoms with Gasteiger partial charge in [0.2, 0.25) is 0 Å². The fourth-order valence-corrected chi connectivity index (χ4v) is 4.14. The van der Waals surface area contributed by atoms with Gasteiger partial charge in [-0.25, -0.2) is 15.0 Å².